The van der Waals surface area contributed by atoms with Gasteiger partial charge in [0.1, 0.15) is 18.1 Å². The fraction of sp³-hybridized carbons (Fsp3) is 0.536. The van der Waals surface area contributed by atoms with Crippen LogP contribution < -0.4 is 33.2 Å². The van der Waals surface area contributed by atoms with Crippen molar-refractivity contribution < 1.29 is 24.3 Å². The number of carbonyl (C=O) groups is 4. The minimum Gasteiger partial charge on any atom is -0.480 e. The monoisotopic (exact) mass is 604 g/mol. The van der Waals surface area contributed by atoms with Crippen LogP contribution in [0.5, 0.6) is 0 Å². The standard InChI is InChI=1S/C28H44N8O5S/c1-4-16(2)23(27(40)41)36-26(39)22(14-17-15-33-20-10-6-5-8-18(17)20)35-25(38)21(11-13-42-3)34-24(37)19(29)9-7-12-32-28(30)31/h5-6,8,10,15-16,19,21-23,33H,4,7,9,11-14,29H2,1-3H3,(H,34,37)(H,35,38)(H,36,39)(H,40,41)(H4,30,31,32). The first-order valence-corrected chi connectivity index (χ1v) is 15.4. The number of H-pyrrole nitrogens is 1. The number of hydrogen-bond acceptors (Lipinski definition) is 7. The van der Waals surface area contributed by atoms with Crippen LogP contribution in [0.3, 0.4) is 0 Å². The van der Waals surface area contributed by atoms with Gasteiger partial charge >= 0.3 is 5.97 Å². The van der Waals surface area contributed by atoms with Crippen LogP contribution in [-0.2, 0) is 25.6 Å². The number of aliphatic imine (C=N–C) groups is 1. The number of fused-ring (bicyclic) bond motifs is 1. The first-order chi connectivity index (χ1) is 20.0. The molecule has 0 saturated carbocycles. The number of nitrogens with one attached hydrogen (secondary N) is 4. The average Bonchev–Trinajstić information content (AvgIpc) is 3.37. The number of guanidine groups is 1. The Labute approximate surface area is 250 Å². The minimum absolute atomic E-state index is 0.0492. The molecular weight excluding hydrogens is 560 g/mol. The zero-order valence-corrected chi connectivity index (χ0v) is 25.2. The van der Waals surface area contributed by atoms with Crippen molar-refractivity contribution in [1.82, 2.24) is 20.9 Å². The normalized spacial score (nSPS) is 14.7. The van der Waals surface area contributed by atoms with E-state index < -0.39 is 47.9 Å². The number of nitrogens with two attached hydrogens (primary N) is 3. The number of aromatic amines is 1. The second-order valence-electron chi connectivity index (χ2n) is 10.2. The number of benzene rings is 1. The molecule has 3 amide bonds. The molecule has 0 aliphatic heterocycles. The van der Waals surface area contributed by atoms with Crippen LogP contribution in [-0.4, -0.2) is 82.5 Å². The molecule has 5 atom stereocenters. The zero-order valence-electron chi connectivity index (χ0n) is 24.4. The Hall–Kier alpha value is -3.78. The van der Waals surface area contributed by atoms with E-state index >= 15 is 0 Å². The van der Waals surface area contributed by atoms with Crippen molar-refractivity contribution in [1.29, 1.82) is 0 Å². The Morgan fingerprint density at radius 1 is 1.02 bits per heavy atom. The van der Waals surface area contributed by atoms with E-state index in [0.717, 1.165) is 16.5 Å². The Balaban J connectivity index is 2.25. The molecule has 0 saturated heterocycles. The minimum atomic E-state index is -1.16. The lowest BCUT2D eigenvalue weighted by Gasteiger charge is -2.26. The first kappa shape index (κ1) is 34.4. The first-order valence-electron chi connectivity index (χ1n) is 14.0. The third-order valence-corrected chi connectivity index (χ3v) is 7.70. The van der Waals surface area contributed by atoms with Gasteiger partial charge in [0.25, 0.3) is 0 Å². The van der Waals surface area contributed by atoms with Crippen LogP contribution in [0, 0.1) is 5.92 Å². The topological polar surface area (TPSA) is 231 Å². The molecule has 2 aromatic rings. The van der Waals surface area contributed by atoms with E-state index in [2.05, 4.69) is 25.9 Å². The highest BCUT2D eigenvalue weighted by atomic mass is 32.2. The Morgan fingerprint density at radius 2 is 1.69 bits per heavy atom. The van der Waals surface area contributed by atoms with E-state index in [0.29, 0.717) is 38.0 Å². The van der Waals surface area contributed by atoms with Crippen LogP contribution in [0.4, 0.5) is 0 Å². The molecule has 0 fully saturated rings. The molecule has 0 aliphatic carbocycles. The number of hydrogen-bond donors (Lipinski definition) is 8. The van der Waals surface area contributed by atoms with Gasteiger partial charge in [-0.15, -0.1) is 0 Å². The molecule has 2 rings (SSSR count). The van der Waals surface area contributed by atoms with E-state index in [1.165, 1.54) is 11.8 Å². The van der Waals surface area contributed by atoms with Crippen molar-refractivity contribution in [3.8, 4) is 0 Å². The van der Waals surface area contributed by atoms with Crippen LogP contribution in [0.15, 0.2) is 35.5 Å². The highest BCUT2D eigenvalue weighted by Gasteiger charge is 2.32. The van der Waals surface area contributed by atoms with Gasteiger partial charge in [-0.2, -0.15) is 11.8 Å². The predicted octanol–water partition coefficient (Wildman–Crippen LogP) is 0.430. The quantitative estimate of drug-likeness (QED) is 0.0669. The number of para-hydroxylation sites is 1. The number of aromatic nitrogens is 1. The maximum atomic E-state index is 13.5. The van der Waals surface area contributed by atoms with Gasteiger partial charge in [0.15, 0.2) is 5.96 Å². The summed E-state index contributed by atoms with van der Waals surface area (Å²) < 4.78 is 0. The maximum absolute atomic E-state index is 13.5. The molecule has 13 nitrogen and oxygen atoms in total. The molecule has 0 radical (unpaired) electrons. The fourth-order valence-corrected chi connectivity index (χ4v) is 4.84. The zero-order chi connectivity index (χ0) is 31.2. The molecule has 0 aliphatic rings. The summed E-state index contributed by atoms with van der Waals surface area (Å²) in [4.78, 5) is 58.8. The van der Waals surface area contributed by atoms with E-state index in [1.54, 1.807) is 13.1 Å². The predicted molar refractivity (Wildman–Crippen MR) is 166 cm³/mol. The summed E-state index contributed by atoms with van der Waals surface area (Å²) in [5, 5.41) is 18.7. The SMILES string of the molecule is CCC(C)C(NC(=O)C(Cc1c[nH]c2ccccc12)NC(=O)C(CCSC)NC(=O)C(N)CCCN=C(N)N)C(=O)O. The second-order valence-corrected chi connectivity index (χ2v) is 11.2. The smallest absolute Gasteiger partial charge is 0.326 e. The number of carboxylic acids is 1. The van der Waals surface area contributed by atoms with Gasteiger partial charge in [-0.3, -0.25) is 19.4 Å². The molecule has 232 valence electrons. The van der Waals surface area contributed by atoms with E-state index in [1.807, 2.05) is 37.4 Å². The lowest BCUT2D eigenvalue weighted by Crippen LogP contribution is -2.58. The summed E-state index contributed by atoms with van der Waals surface area (Å²) in [6.07, 6.45) is 5.34. The molecule has 14 heteroatoms. The highest BCUT2D eigenvalue weighted by molar-refractivity contribution is 7.98. The largest absolute Gasteiger partial charge is 0.480 e. The van der Waals surface area contributed by atoms with Crippen molar-refractivity contribution in [2.45, 2.75) is 70.1 Å². The lowest BCUT2D eigenvalue weighted by molar-refractivity contribution is -0.143. The summed E-state index contributed by atoms with van der Waals surface area (Å²) in [6.45, 7) is 3.89. The van der Waals surface area contributed by atoms with Crippen LogP contribution in [0.25, 0.3) is 10.9 Å². The van der Waals surface area contributed by atoms with Gasteiger partial charge in [0, 0.05) is 30.1 Å². The fourth-order valence-electron chi connectivity index (χ4n) is 4.37. The summed E-state index contributed by atoms with van der Waals surface area (Å²) in [5.41, 5.74) is 18.3. The molecule has 11 N–H and O–H groups in total. The number of nitrogens with zero attached hydrogens (tertiary/aromatic N) is 1. The summed E-state index contributed by atoms with van der Waals surface area (Å²) >= 11 is 1.50. The Bertz CT molecular complexity index is 1230. The number of thioether (sulfide) groups is 1. The van der Waals surface area contributed by atoms with Crippen molar-refractivity contribution in [2.24, 2.45) is 28.1 Å². The lowest BCUT2D eigenvalue weighted by atomic mass is 9.98. The molecule has 0 bridgehead atoms. The van der Waals surface area contributed by atoms with Crippen LogP contribution in [0.2, 0.25) is 0 Å². The summed E-state index contributed by atoms with van der Waals surface area (Å²) in [6, 6.07) is 3.45. The van der Waals surface area contributed by atoms with Crippen molar-refractivity contribution in [2.75, 3.05) is 18.6 Å². The van der Waals surface area contributed by atoms with Gasteiger partial charge in [0.05, 0.1) is 6.04 Å². The average molecular weight is 605 g/mol. The van der Waals surface area contributed by atoms with Crippen molar-refractivity contribution >= 4 is 52.3 Å². The van der Waals surface area contributed by atoms with Crippen LogP contribution in [0.1, 0.15) is 45.1 Å². The highest BCUT2D eigenvalue weighted by Crippen LogP contribution is 2.20. The van der Waals surface area contributed by atoms with Crippen LogP contribution >= 0.6 is 11.8 Å². The number of carbonyl (C=O) groups excluding carboxylic acids is 3. The number of amides is 3. The number of carboxylic acid groups (broad SMARTS) is 1. The van der Waals surface area contributed by atoms with Crippen molar-refractivity contribution in [3.63, 3.8) is 0 Å². The van der Waals surface area contributed by atoms with Gasteiger partial charge in [0.2, 0.25) is 17.7 Å². The van der Waals surface area contributed by atoms with Gasteiger partial charge in [-0.05, 0) is 48.8 Å². The summed E-state index contributed by atoms with van der Waals surface area (Å²) in [7, 11) is 0. The molecule has 1 heterocycles. The molecule has 42 heavy (non-hydrogen) atoms. The number of rotatable bonds is 18. The third-order valence-electron chi connectivity index (χ3n) is 7.06. The Morgan fingerprint density at radius 3 is 2.33 bits per heavy atom. The number of aliphatic carboxylic acids is 1. The molecule has 5 unspecified atom stereocenters. The van der Waals surface area contributed by atoms with Gasteiger partial charge < -0.3 is 43.2 Å². The maximum Gasteiger partial charge on any atom is 0.326 e. The molecular formula is C28H44N8O5S. The third kappa shape index (κ3) is 10.6. The van der Waals surface area contributed by atoms with Gasteiger partial charge in [-0.1, -0.05) is 38.5 Å². The Kier molecular flexibility index (Phi) is 14.1. The molecule has 0 spiro atoms. The summed E-state index contributed by atoms with van der Waals surface area (Å²) in [5.74, 6) is -2.69. The van der Waals surface area contributed by atoms with Crippen molar-refractivity contribution in [3.05, 3.63) is 36.0 Å². The molecule has 1 aromatic carbocycles. The van der Waals surface area contributed by atoms with E-state index in [9.17, 15) is 24.3 Å². The van der Waals surface area contributed by atoms with Gasteiger partial charge in [-0.25, -0.2) is 4.79 Å². The molecule has 1 aromatic heterocycles. The van der Waals surface area contributed by atoms with E-state index in [4.69, 9.17) is 17.2 Å². The van der Waals surface area contributed by atoms with E-state index in [-0.39, 0.29) is 18.3 Å². The second kappa shape index (κ2) is 17.2.